The molecule has 8 nitrogen and oxygen atoms in total. The Kier molecular flexibility index (Phi) is 6.86. The fourth-order valence-corrected chi connectivity index (χ4v) is 4.58. The van der Waals surface area contributed by atoms with Crippen molar-refractivity contribution in [2.75, 3.05) is 7.05 Å². The molecule has 0 aliphatic carbocycles. The van der Waals surface area contributed by atoms with Crippen LogP contribution in [0, 0.1) is 13.8 Å². The molecule has 1 amide bonds. The number of aromatic nitrogens is 4. The number of carboxylic acid groups (broad SMARTS) is 1. The van der Waals surface area contributed by atoms with Gasteiger partial charge in [0, 0.05) is 22.7 Å². The molecular weight excluding hydrogens is 489 g/mol. The number of carbonyl (C=O) groups is 2. The Labute approximate surface area is 211 Å². The third-order valence-electron chi connectivity index (χ3n) is 5.74. The van der Waals surface area contributed by atoms with Crippen LogP contribution in [0.2, 0.25) is 10.0 Å². The van der Waals surface area contributed by atoms with E-state index in [1.807, 2.05) is 32.0 Å². The molecule has 0 saturated carbocycles. The molecule has 0 spiro atoms. The summed E-state index contributed by atoms with van der Waals surface area (Å²) < 4.78 is 1.58. The molecule has 4 aromatic rings. The lowest BCUT2D eigenvalue weighted by molar-refractivity contribution is 0.0673. The molecule has 1 heterocycles. The third-order valence-corrected chi connectivity index (χ3v) is 6.30. The minimum atomic E-state index is -1.20. The largest absolute Gasteiger partial charge is 0.478 e. The van der Waals surface area contributed by atoms with Crippen molar-refractivity contribution in [2.24, 2.45) is 0 Å². The molecule has 0 unspecified atom stereocenters. The Balaban J connectivity index is 1.92. The number of halogens is 2. The first-order valence-corrected chi connectivity index (χ1v) is 11.4. The van der Waals surface area contributed by atoms with Crippen molar-refractivity contribution < 1.29 is 14.7 Å². The lowest BCUT2D eigenvalue weighted by Gasteiger charge is -2.29. The summed E-state index contributed by atoms with van der Waals surface area (Å²) in [7, 11) is 1.56. The Morgan fingerprint density at radius 3 is 2.26 bits per heavy atom. The number of hydrogen-bond donors (Lipinski definition) is 1. The standard InChI is InChI=1S/C25H21Cl2N5O3/c1-14-7-6-8-15(2)21(14)32-23(28-29-30-32)22(19-12-11-16(26)13-20(19)27)31(3)24(33)17-9-4-5-10-18(17)25(34)35/h4-13,22H,1-3H3,(H,34,35)/t22-/m1/s1. The minimum Gasteiger partial charge on any atom is -0.478 e. The van der Waals surface area contributed by atoms with Crippen LogP contribution in [-0.4, -0.2) is 49.1 Å². The van der Waals surface area contributed by atoms with Gasteiger partial charge >= 0.3 is 5.97 Å². The van der Waals surface area contributed by atoms with Crippen LogP contribution in [0.25, 0.3) is 5.69 Å². The fourth-order valence-electron chi connectivity index (χ4n) is 4.07. The van der Waals surface area contributed by atoms with E-state index < -0.39 is 17.9 Å². The van der Waals surface area contributed by atoms with E-state index in [0.717, 1.165) is 16.8 Å². The maximum atomic E-state index is 13.7. The van der Waals surface area contributed by atoms with Gasteiger partial charge in [0.1, 0.15) is 6.04 Å². The van der Waals surface area contributed by atoms with Crippen molar-refractivity contribution in [2.45, 2.75) is 19.9 Å². The number of benzene rings is 3. The van der Waals surface area contributed by atoms with E-state index in [9.17, 15) is 14.7 Å². The van der Waals surface area contributed by atoms with Crippen LogP contribution >= 0.6 is 23.2 Å². The Morgan fingerprint density at radius 1 is 0.971 bits per heavy atom. The second-order valence-corrected chi connectivity index (χ2v) is 8.87. The van der Waals surface area contributed by atoms with Crippen molar-refractivity contribution in [3.63, 3.8) is 0 Å². The molecule has 1 atom stereocenters. The minimum absolute atomic E-state index is 0.0312. The van der Waals surface area contributed by atoms with Crippen molar-refractivity contribution in [3.8, 4) is 5.69 Å². The summed E-state index contributed by atoms with van der Waals surface area (Å²) in [4.78, 5) is 26.8. The highest BCUT2D eigenvalue weighted by Gasteiger charge is 2.33. The van der Waals surface area contributed by atoms with Gasteiger partial charge in [0.2, 0.25) is 0 Å². The van der Waals surface area contributed by atoms with Crippen LogP contribution in [0.5, 0.6) is 0 Å². The number of carboxylic acids is 1. The van der Waals surface area contributed by atoms with Crippen molar-refractivity contribution in [3.05, 3.63) is 104 Å². The molecule has 178 valence electrons. The van der Waals surface area contributed by atoms with E-state index in [1.165, 1.54) is 17.0 Å². The summed E-state index contributed by atoms with van der Waals surface area (Å²) in [6, 6.07) is 15.9. The summed E-state index contributed by atoms with van der Waals surface area (Å²) >= 11 is 12.7. The Bertz CT molecular complexity index is 1420. The maximum Gasteiger partial charge on any atom is 0.336 e. The first-order valence-electron chi connectivity index (χ1n) is 10.6. The molecule has 0 aliphatic heterocycles. The highest BCUT2D eigenvalue weighted by molar-refractivity contribution is 6.35. The number of carbonyl (C=O) groups excluding carboxylic acids is 1. The zero-order valence-electron chi connectivity index (χ0n) is 19.1. The van der Waals surface area contributed by atoms with Gasteiger partial charge in [0.05, 0.1) is 16.8 Å². The molecule has 0 fully saturated rings. The number of amides is 1. The number of tetrazole rings is 1. The normalized spacial score (nSPS) is 11.8. The smallest absolute Gasteiger partial charge is 0.336 e. The van der Waals surface area contributed by atoms with Crippen LogP contribution < -0.4 is 0 Å². The summed E-state index contributed by atoms with van der Waals surface area (Å²) in [5, 5.41) is 22.7. The molecule has 0 bridgehead atoms. The van der Waals surface area contributed by atoms with Gasteiger partial charge in [-0.3, -0.25) is 4.79 Å². The lowest BCUT2D eigenvalue weighted by atomic mass is 10.0. The van der Waals surface area contributed by atoms with Crippen molar-refractivity contribution >= 4 is 35.1 Å². The van der Waals surface area contributed by atoms with Gasteiger partial charge in [-0.05, 0) is 59.7 Å². The third kappa shape index (κ3) is 4.62. The SMILES string of the molecule is Cc1cccc(C)c1-n1nnnc1[C@@H](c1ccc(Cl)cc1Cl)N(C)C(=O)c1ccccc1C(=O)O. The molecule has 0 saturated heterocycles. The van der Waals surface area contributed by atoms with E-state index in [2.05, 4.69) is 15.5 Å². The van der Waals surface area contributed by atoms with E-state index in [4.69, 9.17) is 23.2 Å². The molecule has 1 N–H and O–H groups in total. The zero-order chi connectivity index (χ0) is 25.3. The monoisotopic (exact) mass is 509 g/mol. The topological polar surface area (TPSA) is 101 Å². The predicted molar refractivity (Wildman–Crippen MR) is 132 cm³/mol. The molecule has 35 heavy (non-hydrogen) atoms. The van der Waals surface area contributed by atoms with Gasteiger partial charge in [0.15, 0.2) is 5.82 Å². The average Bonchev–Trinajstić information content (AvgIpc) is 3.28. The predicted octanol–water partition coefficient (Wildman–Crippen LogP) is 5.15. The molecule has 0 radical (unpaired) electrons. The second-order valence-electron chi connectivity index (χ2n) is 8.02. The van der Waals surface area contributed by atoms with Gasteiger partial charge in [-0.2, -0.15) is 4.68 Å². The molecule has 10 heteroatoms. The fraction of sp³-hybridized carbons (Fsp3) is 0.160. The molecular formula is C25H21Cl2N5O3. The van der Waals surface area contributed by atoms with Crippen molar-refractivity contribution in [1.29, 1.82) is 0 Å². The number of nitrogens with zero attached hydrogens (tertiary/aromatic N) is 5. The van der Waals surface area contributed by atoms with Crippen LogP contribution in [-0.2, 0) is 0 Å². The number of rotatable bonds is 6. The van der Waals surface area contributed by atoms with E-state index in [1.54, 1.807) is 42.1 Å². The van der Waals surface area contributed by atoms with Gasteiger partial charge in [-0.25, -0.2) is 4.79 Å². The van der Waals surface area contributed by atoms with Crippen LogP contribution in [0.4, 0.5) is 0 Å². The summed E-state index contributed by atoms with van der Waals surface area (Å²) in [5.41, 5.74) is 3.09. The molecule has 3 aromatic carbocycles. The molecule has 1 aromatic heterocycles. The van der Waals surface area contributed by atoms with Gasteiger partial charge in [0.25, 0.3) is 5.91 Å². The maximum absolute atomic E-state index is 13.7. The zero-order valence-corrected chi connectivity index (χ0v) is 20.6. The number of aryl methyl sites for hydroxylation is 2. The first kappa shape index (κ1) is 24.4. The van der Waals surface area contributed by atoms with Crippen LogP contribution in [0.1, 0.15) is 49.3 Å². The Morgan fingerprint density at radius 2 is 1.63 bits per heavy atom. The summed E-state index contributed by atoms with van der Waals surface area (Å²) in [6.07, 6.45) is 0. The molecule has 4 rings (SSSR count). The van der Waals surface area contributed by atoms with Gasteiger partial charge < -0.3 is 10.0 Å². The van der Waals surface area contributed by atoms with E-state index in [0.29, 0.717) is 21.4 Å². The van der Waals surface area contributed by atoms with Gasteiger partial charge in [-0.1, -0.05) is 59.6 Å². The number of hydrogen-bond acceptors (Lipinski definition) is 5. The van der Waals surface area contributed by atoms with Gasteiger partial charge in [-0.15, -0.1) is 5.10 Å². The molecule has 0 aliphatic rings. The quantitative estimate of drug-likeness (QED) is 0.385. The van der Waals surface area contributed by atoms with Crippen molar-refractivity contribution in [1.82, 2.24) is 25.1 Å². The first-order chi connectivity index (χ1) is 16.7. The second kappa shape index (κ2) is 9.85. The van der Waals surface area contributed by atoms with E-state index >= 15 is 0 Å². The van der Waals surface area contributed by atoms with Crippen LogP contribution in [0.15, 0.2) is 60.7 Å². The van der Waals surface area contributed by atoms with Crippen LogP contribution in [0.3, 0.4) is 0 Å². The lowest BCUT2D eigenvalue weighted by Crippen LogP contribution is -2.35. The summed E-state index contributed by atoms with van der Waals surface area (Å²) in [5.74, 6) is -1.41. The number of aromatic carboxylic acids is 1. The highest BCUT2D eigenvalue weighted by atomic mass is 35.5. The highest BCUT2D eigenvalue weighted by Crippen LogP contribution is 2.35. The summed E-state index contributed by atoms with van der Waals surface area (Å²) in [6.45, 7) is 3.88. The average molecular weight is 510 g/mol. The Hall–Kier alpha value is -3.75. The number of para-hydroxylation sites is 1. The van der Waals surface area contributed by atoms with E-state index in [-0.39, 0.29) is 11.1 Å².